The fourth-order valence-electron chi connectivity index (χ4n) is 1.19. The minimum atomic E-state index is -0.574. The zero-order chi connectivity index (χ0) is 9.14. The third kappa shape index (κ3) is 2.83. The van der Waals surface area contributed by atoms with Crippen LogP contribution in [0.1, 0.15) is 26.2 Å². The lowest BCUT2D eigenvalue weighted by atomic mass is 10.1. The zero-order valence-electron chi connectivity index (χ0n) is 6.93. The number of hydrogen-bond acceptors (Lipinski definition) is 2. The van der Waals surface area contributed by atoms with Gasteiger partial charge in [0.05, 0.1) is 6.10 Å². The van der Waals surface area contributed by atoms with E-state index in [1.165, 1.54) is 0 Å². The summed E-state index contributed by atoms with van der Waals surface area (Å²) in [7, 11) is 0. The largest absolute Gasteiger partial charge is 0.462 e. The van der Waals surface area contributed by atoms with Gasteiger partial charge in [-0.25, -0.2) is 0 Å². The van der Waals surface area contributed by atoms with Gasteiger partial charge in [0.1, 0.15) is 5.38 Å². The summed E-state index contributed by atoms with van der Waals surface area (Å²) in [5, 5.41) is -0.571. The van der Waals surface area contributed by atoms with Gasteiger partial charge >= 0.3 is 5.97 Å². The molecule has 12 heavy (non-hydrogen) atoms. The number of rotatable bonds is 0. The van der Waals surface area contributed by atoms with Crippen LogP contribution in [0.2, 0.25) is 0 Å². The fourth-order valence-corrected chi connectivity index (χ4v) is 1.85. The van der Waals surface area contributed by atoms with E-state index in [0.29, 0.717) is 6.42 Å². The van der Waals surface area contributed by atoms with Gasteiger partial charge in [-0.15, -0.1) is 23.2 Å². The van der Waals surface area contributed by atoms with Crippen molar-refractivity contribution in [1.29, 1.82) is 0 Å². The number of ether oxygens (including phenoxy) is 1. The molecule has 1 aliphatic rings. The van der Waals surface area contributed by atoms with Gasteiger partial charge in [-0.05, 0) is 26.2 Å². The number of carbonyl (C=O) groups is 1. The second-order valence-corrected chi connectivity index (χ2v) is 4.27. The van der Waals surface area contributed by atoms with Gasteiger partial charge in [0.25, 0.3) is 0 Å². The molecule has 0 spiro atoms. The van der Waals surface area contributed by atoms with E-state index in [-0.39, 0.29) is 17.5 Å². The first kappa shape index (κ1) is 10.1. The molecule has 1 aliphatic heterocycles. The SMILES string of the molecule is C[C@H]1CC[C@@H](Cl)C[C@@H](Cl)C(=O)O1. The lowest BCUT2D eigenvalue weighted by Crippen LogP contribution is -2.28. The summed E-state index contributed by atoms with van der Waals surface area (Å²) in [5.74, 6) is -0.338. The van der Waals surface area contributed by atoms with Crippen LogP contribution >= 0.6 is 23.2 Å². The smallest absolute Gasteiger partial charge is 0.324 e. The quantitative estimate of drug-likeness (QED) is 0.454. The highest BCUT2D eigenvalue weighted by atomic mass is 35.5. The van der Waals surface area contributed by atoms with Gasteiger partial charge < -0.3 is 4.74 Å². The van der Waals surface area contributed by atoms with E-state index in [0.717, 1.165) is 12.8 Å². The predicted molar refractivity (Wildman–Crippen MR) is 48.7 cm³/mol. The van der Waals surface area contributed by atoms with Crippen molar-refractivity contribution >= 4 is 29.2 Å². The monoisotopic (exact) mass is 210 g/mol. The van der Waals surface area contributed by atoms with Crippen molar-refractivity contribution in [1.82, 2.24) is 0 Å². The molecule has 0 radical (unpaired) electrons. The summed E-state index contributed by atoms with van der Waals surface area (Å²) in [6.45, 7) is 1.86. The van der Waals surface area contributed by atoms with Gasteiger partial charge in [0.15, 0.2) is 0 Å². The Bertz CT molecular complexity index is 172. The maximum Gasteiger partial charge on any atom is 0.324 e. The molecule has 2 nitrogen and oxygen atoms in total. The summed E-state index contributed by atoms with van der Waals surface area (Å²) in [4.78, 5) is 11.1. The highest BCUT2D eigenvalue weighted by Crippen LogP contribution is 2.22. The molecule has 0 bridgehead atoms. The first-order valence-electron chi connectivity index (χ1n) is 4.08. The summed E-state index contributed by atoms with van der Waals surface area (Å²) >= 11 is 11.7. The second-order valence-electron chi connectivity index (χ2n) is 3.13. The van der Waals surface area contributed by atoms with E-state index in [1.807, 2.05) is 6.92 Å². The second kappa shape index (κ2) is 4.33. The van der Waals surface area contributed by atoms with Crippen molar-refractivity contribution in [3.05, 3.63) is 0 Å². The van der Waals surface area contributed by atoms with Crippen molar-refractivity contribution in [3.8, 4) is 0 Å². The molecular formula is C8H12Cl2O2. The van der Waals surface area contributed by atoms with Gasteiger partial charge in [0, 0.05) is 5.38 Å². The summed E-state index contributed by atoms with van der Waals surface area (Å²) in [6.07, 6.45) is 2.14. The first-order valence-corrected chi connectivity index (χ1v) is 4.95. The van der Waals surface area contributed by atoms with E-state index < -0.39 is 5.38 Å². The topological polar surface area (TPSA) is 26.3 Å². The Balaban J connectivity index is 2.54. The highest BCUT2D eigenvalue weighted by Gasteiger charge is 2.25. The molecule has 0 unspecified atom stereocenters. The average molecular weight is 211 g/mol. The Morgan fingerprint density at radius 3 is 2.75 bits per heavy atom. The van der Waals surface area contributed by atoms with Gasteiger partial charge in [-0.2, -0.15) is 0 Å². The van der Waals surface area contributed by atoms with Crippen LogP contribution in [0.5, 0.6) is 0 Å². The van der Waals surface area contributed by atoms with Gasteiger partial charge in [0.2, 0.25) is 0 Å². The number of hydrogen-bond donors (Lipinski definition) is 0. The molecular weight excluding hydrogens is 199 g/mol. The number of esters is 1. The molecule has 0 aliphatic carbocycles. The van der Waals surface area contributed by atoms with Crippen molar-refractivity contribution in [2.45, 2.75) is 43.0 Å². The van der Waals surface area contributed by atoms with Crippen LogP contribution in [-0.4, -0.2) is 22.8 Å². The van der Waals surface area contributed by atoms with E-state index in [9.17, 15) is 4.79 Å². The molecule has 1 heterocycles. The average Bonchev–Trinajstić information content (AvgIpc) is 1.99. The minimum absolute atomic E-state index is 0.00259. The molecule has 0 amide bonds. The molecule has 0 aromatic heterocycles. The molecule has 1 saturated heterocycles. The molecule has 1 fully saturated rings. The lowest BCUT2D eigenvalue weighted by molar-refractivity contribution is -0.148. The zero-order valence-corrected chi connectivity index (χ0v) is 8.44. The van der Waals surface area contributed by atoms with Crippen LogP contribution in [0.3, 0.4) is 0 Å². The Morgan fingerprint density at radius 1 is 1.42 bits per heavy atom. The maximum atomic E-state index is 11.1. The molecule has 1 rings (SSSR count). The first-order chi connectivity index (χ1) is 5.59. The number of cyclic esters (lactones) is 1. The van der Waals surface area contributed by atoms with Crippen molar-refractivity contribution < 1.29 is 9.53 Å². The number of alkyl halides is 2. The molecule has 0 saturated carbocycles. The summed E-state index contributed by atoms with van der Waals surface area (Å²) in [5.41, 5.74) is 0. The van der Waals surface area contributed by atoms with E-state index in [1.54, 1.807) is 0 Å². The molecule has 70 valence electrons. The van der Waals surface area contributed by atoms with Gasteiger partial charge in [-0.3, -0.25) is 4.79 Å². The molecule has 0 aromatic carbocycles. The highest BCUT2D eigenvalue weighted by molar-refractivity contribution is 6.30. The normalized spacial score (nSPS) is 38.2. The molecule has 0 aromatic rings. The summed E-state index contributed by atoms with van der Waals surface area (Å²) < 4.78 is 5.02. The van der Waals surface area contributed by atoms with Crippen LogP contribution < -0.4 is 0 Å². The van der Waals surface area contributed by atoms with E-state index >= 15 is 0 Å². The maximum absolute atomic E-state index is 11.1. The van der Waals surface area contributed by atoms with Crippen LogP contribution in [0.15, 0.2) is 0 Å². The predicted octanol–water partition coefficient (Wildman–Crippen LogP) is 2.32. The Morgan fingerprint density at radius 2 is 2.08 bits per heavy atom. The molecule has 0 N–H and O–H groups in total. The Kier molecular flexibility index (Phi) is 3.66. The van der Waals surface area contributed by atoms with Crippen LogP contribution in [-0.2, 0) is 9.53 Å². The Hall–Kier alpha value is 0.0500. The minimum Gasteiger partial charge on any atom is -0.462 e. The fraction of sp³-hybridized carbons (Fsp3) is 0.875. The Labute approximate surface area is 82.2 Å². The number of carbonyl (C=O) groups excluding carboxylic acids is 1. The third-order valence-corrected chi connectivity index (χ3v) is 2.67. The van der Waals surface area contributed by atoms with Crippen LogP contribution in [0, 0.1) is 0 Å². The summed E-state index contributed by atoms with van der Waals surface area (Å²) in [6, 6.07) is 0. The van der Waals surface area contributed by atoms with Crippen LogP contribution in [0.4, 0.5) is 0 Å². The van der Waals surface area contributed by atoms with Crippen molar-refractivity contribution in [2.24, 2.45) is 0 Å². The van der Waals surface area contributed by atoms with E-state index in [2.05, 4.69) is 0 Å². The standard InChI is InChI=1S/C8H12Cl2O2/c1-5-2-3-6(9)4-7(10)8(11)12-5/h5-7H,2-4H2,1H3/t5-,6+,7+/m0/s1. The van der Waals surface area contributed by atoms with Gasteiger partial charge in [-0.1, -0.05) is 0 Å². The third-order valence-electron chi connectivity index (χ3n) is 1.92. The van der Waals surface area contributed by atoms with E-state index in [4.69, 9.17) is 27.9 Å². The van der Waals surface area contributed by atoms with Crippen molar-refractivity contribution in [3.63, 3.8) is 0 Å². The molecule has 3 atom stereocenters. The van der Waals surface area contributed by atoms with Crippen LogP contribution in [0.25, 0.3) is 0 Å². The lowest BCUT2D eigenvalue weighted by Gasteiger charge is -2.21. The van der Waals surface area contributed by atoms with Crippen molar-refractivity contribution in [2.75, 3.05) is 0 Å². The molecule has 4 heteroatoms. The number of halogens is 2.